The molecular weight excluding hydrogens is 402 g/mol. The number of non-ortho nitro benzene ring substituents is 1. The van der Waals surface area contributed by atoms with Gasteiger partial charge in [-0.1, -0.05) is 0 Å². The molecule has 0 atom stereocenters. The standard InChI is InChI=1S/C17H15N5O8/c1-30-5-4-20-13(18)12(14(24)19-17(20)27)11(23)7-21-15(25)9-3-2-8(22(28)29)6-10(9)16(21)26/h2-3,6H,4-5,7,18H2,1H3,(H,19,24,27). The average Bonchev–Trinajstić information content (AvgIpc) is 2.92. The number of rotatable bonds is 7. The third-order valence-electron chi connectivity index (χ3n) is 4.50. The second-order valence-corrected chi connectivity index (χ2v) is 6.27. The number of aromatic amines is 1. The molecule has 156 valence electrons. The molecule has 0 saturated heterocycles. The van der Waals surface area contributed by atoms with E-state index in [9.17, 15) is 34.1 Å². The van der Waals surface area contributed by atoms with Crippen molar-refractivity contribution >= 4 is 29.1 Å². The van der Waals surface area contributed by atoms with Gasteiger partial charge in [-0.05, 0) is 6.07 Å². The molecule has 1 aliphatic rings. The Bertz CT molecular complexity index is 1210. The van der Waals surface area contributed by atoms with Gasteiger partial charge in [0.05, 0.1) is 35.7 Å². The van der Waals surface area contributed by atoms with Crippen LogP contribution in [0, 0.1) is 10.1 Å². The number of nitro benzene ring substituents is 1. The number of nitro groups is 1. The maximum absolute atomic E-state index is 12.7. The Morgan fingerprint density at radius 1 is 1.20 bits per heavy atom. The Balaban J connectivity index is 1.94. The summed E-state index contributed by atoms with van der Waals surface area (Å²) in [7, 11) is 1.38. The van der Waals surface area contributed by atoms with Crippen LogP contribution >= 0.6 is 0 Å². The van der Waals surface area contributed by atoms with E-state index in [1.165, 1.54) is 7.11 Å². The zero-order valence-electron chi connectivity index (χ0n) is 15.5. The number of hydrogen-bond donors (Lipinski definition) is 2. The summed E-state index contributed by atoms with van der Waals surface area (Å²) in [4.78, 5) is 74.4. The maximum Gasteiger partial charge on any atom is 0.330 e. The zero-order valence-corrected chi connectivity index (χ0v) is 15.5. The topological polar surface area (TPSA) is 188 Å². The molecule has 1 aromatic carbocycles. The number of fused-ring (bicyclic) bond motifs is 1. The number of hydrogen-bond acceptors (Lipinski definition) is 9. The zero-order chi connectivity index (χ0) is 22.2. The van der Waals surface area contributed by atoms with Gasteiger partial charge >= 0.3 is 5.69 Å². The van der Waals surface area contributed by atoms with Gasteiger partial charge in [0.2, 0.25) is 0 Å². The second-order valence-electron chi connectivity index (χ2n) is 6.27. The van der Waals surface area contributed by atoms with Crippen LogP contribution in [-0.4, -0.2) is 57.2 Å². The molecule has 3 rings (SSSR count). The number of benzene rings is 1. The number of nitrogens with two attached hydrogens (primary N) is 1. The monoisotopic (exact) mass is 417 g/mol. The van der Waals surface area contributed by atoms with Gasteiger partial charge < -0.3 is 10.5 Å². The van der Waals surface area contributed by atoms with Crippen LogP contribution in [0.3, 0.4) is 0 Å². The summed E-state index contributed by atoms with van der Waals surface area (Å²) in [5.41, 5.74) is 2.58. The molecule has 0 saturated carbocycles. The Morgan fingerprint density at radius 3 is 2.50 bits per heavy atom. The predicted octanol–water partition coefficient (Wildman–Crippen LogP) is -0.848. The molecule has 0 fully saturated rings. The molecule has 1 aliphatic heterocycles. The van der Waals surface area contributed by atoms with E-state index in [0.717, 1.165) is 22.8 Å². The number of carbonyl (C=O) groups is 3. The number of Topliss-reactive ketones (excluding diaryl/α,β-unsaturated/α-hetero) is 1. The Kier molecular flexibility index (Phi) is 5.29. The number of amides is 2. The Morgan fingerprint density at radius 2 is 1.87 bits per heavy atom. The minimum absolute atomic E-state index is 0.0467. The van der Waals surface area contributed by atoms with E-state index in [1.54, 1.807) is 0 Å². The Labute approximate surface area is 166 Å². The SMILES string of the molecule is COCCn1c(N)c(C(=O)CN2C(=O)c3ccc([N+](=O)[O-])cc3C2=O)c(=O)[nH]c1=O. The molecule has 2 amide bonds. The summed E-state index contributed by atoms with van der Waals surface area (Å²) in [5.74, 6) is -3.18. The molecular formula is C17H15N5O8. The van der Waals surface area contributed by atoms with Crippen molar-refractivity contribution in [2.45, 2.75) is 6.54 Å². The van der Waals surface area contributed by atoms with Crippen LogP contribution in [0.4, 0.5) is 11.5 Å². The van der Waals surface area contributed by atoms with Crippen LogP contribution < -0.4 is 17.0 Å². The number of aromatic nitrogens is 2. The predicted molar refractivity (Wildman–Crippen MR) is 100 cm³/mol. The van der Waals surface area contributed by atoms with E-state index < -0.39 is 57.4 Å². The summed E-state index contributed by atoms with van der Waals surface area (Å²) in [6, 6.07) is 3.11. The van der Waals surface area contributed by atoms with Gasteiger partial charge in [0.25, 0.3) is 23.1 Å². The highest BCUT2D eigenvalue weighted by Gasteiger charge is 2.38. The molecule has 0 unspecified atom stereocenters. The number of nitrogens with zero attached hydrogens (tertiary/aromatic N) is 3. The van der Waals surface area contributed by atoms with Gasteiger partial charge in [-0.2, -0.15) is 0 Å². The minimum Gasteiger partial charge on any atom is -0.384 e. The lowest BCUT2D eigenvalue weighted by atomic mass is 10.1. The number of H-pyrrole nitrogens is 1. The molecule has 30 heavy (non-hydrogen) atoms. The fraction of sp³-hybridized carbons (Fsp3) is 0.235. The van der Waals surface area contributed by atoms with E-state index in [4.69, 9.17) is 10.5 Å². The number of ketones is 1. The van der Waals surface area contributed by atoms with E-state index in [2.05, 4.69) is 0 Å². The number of nitrogen functional groups attached to an aromatic ring is 1. The van der Waals surface area contributed by atoms with Crippen molar-refractivity contribution in [3.63, 3.8) is 0 Å². The van der Waals surface area contributed by atoms with Crippen molar-refractivity contribution in [2.24, 2.45) is 0 Å². The lowest BCUT2D eigenvalue weighted by Gasteiger charge is -2.15. The van der Waals surface area contributed by atoms with Gasteiger partial charge in [-0.3, -0.25) is 43.7 Å². The number of nitrogens with one attached hydrogen (secondary N) is 1. The van der Waals surface area contributed by atoms with Crippen LogP contribution in [0.1, 0.15) is 31.1 Å². The quantitative estimate of drug-likeness (QED) is 0.250. The molecule has 1 aromatic heterocycles. The van der Waals surface area contributed by atoms with Crippen molar-refractivity contribution in [2.75, 3.05) is 26.0 Å². The third-order valence-corrected chi connectivity index (χ3v) is 4.50. The molecule has 2 aromatic rings. The third kappa shape index (κ3) is 3.37. The van der Waals surface area contributed by atoms with E-state index >= 15 is 0 Å². The molecule has 2 heterocycles. The first-order valence-corrected chi connectivity index (χ1v) is 8.46. The van der Waals surface area contributed by atoms with E-state index in [0.29, 0.717) is 4.90 Å². The first kappa shape index (κ1) is 20.6. The van der Waals surface area contributed by atoms with Gasteiger partial charge in [-0.15, -0.1) is 0 Å². The largest absolute Gasteiger partial charge is 0.384 e. The number of imide groups is 1. The van der Waals surface area contributed by atoms with E-state index in [1.807, 2.05) is 4.98 Å². The fourth-order valence-corrected chi connectivity index (χ4v) is 3.02. The van der Waals surface area contributed by atoms with Crippen molar-refractivity contribution in [1.82, 2.24) is 14.5 Å². The molecule has 0 aliphatic carbocycles. The van der Waals surface area contributed by atoms with Crippen LogP contribution in [0.2, 0.25) is 0 Å². The highest BCUT2D eigenvalue weighted by atomic mass is 16.6. The fourth-order valence-electron chi connectivity index (χ4n) is 3.02. The van der Waals surface area contributed by atoms with Gasteiger partial charge in [0, 0.05) is 19.2 Å². The molecule has 0 bridgehead atoms. The number of ether oxygens (including phenoxy) is 1. The first-order valence-electron chi connectivity index (χ1n) is 8.46. The van der Waals surface area contributed by atoms with Crippen LogP contribution in [0.25, 0.3) is 0 Å². The first-order chi connectivity index (χ1) is 14.2. The second kappa shape index (κ2) is 7.71. The summed E-state index contributed by atoms with van der Waals surface area (Å²) in [6.45, 7) is -0.814. The summed E-state index contributed by atoms with van der Waals surface area (Å²) >= 11 is 0. The van der Waals surface area contributed by atoms with Crippen molar-refractivity contribution in [1.29, 1.82) is 0 Å². The summed E-state index contributed by atoms with van der Waals surface area (Å²) in [5, 5.41) is 10.9. The lowest BCUT2D eigenvalue weighted by Crippen LogP contribution is -2.41. The number of carbonyl (C=O) groups excluding carboxylic acids is 3. The highest BCUT2D eigenvalue weighted by Crippen LogP contribution is 2.27. The number of anilines is 1. The van der Waals surface area contributed by atoms with Crippen LogP contribution in [-0.2, 0) is 11.3 Å². The molecule has 13 heteroatoms. The molecule has 13 nitrogen and oxygen atoms in total. The average molecular weight is 417 g/mol. The molecule has 0 radical (unpaired) electrons. The van der Waals surface area contributed by atoms with Crippen LogP contribution in [0.5, 0.6) is 0 Å². The highest BCUT2D eigenvalue weighted by molar-refractivity contribution is 6.23. The maximum atomic E-state index is 12.7. The van der Waals surface area contributed by atoms with Crippen molar-refractivity contribution < 1.29 is 24.0 Å². The van der Waals surface area contributed by atoms with Gasteiger partial charge in [0.1, 0.15) is 11.4 Å². The minimum atomic E-state index is -1.07. The summed E-state index contributed by atoms with van der Waals surface area (Å²) in [6.07, 6.45) is 0. The van der Waals surface area contributed by atoms with Crippen molar-refractivity contribution in [3.05, 3.63) is 65.8 Å². The lowest BCUT2D eigenvalue weighted by molar-refractivity contribution is -0.384. The van der Waals surface area contributed by atoms with E-state index in [-0.39, 0.29) is 24.3 Å². The van der Waals surface area contributed by atoms with Crippen molar-refractivity contribution in [3.8, 4) is 0 Å². The summed E-state index contributed by atoms with van der Waals surface area (Å²) < 4.78 is 5.77. The normalized spacial score (nSPS) is 12.9. The Hall–Kier alpha value is -4.13. The van der Waals surface area contributed by atoms with Crippen LogP contribution in [0.15, 0.2) is 27.8 Å². The number of methoxy groups -OCH3 is 1. The van der Waals surface area contributed by atoms with Gasteiger partial charge in [-0.25, -0.2) is 4.79 Å². The molecule has 3 N–H and O–H groups in total. The molecule has 0 spiro atoms. The smallest absolute Gasteiger partial charge is 0.330 e. The van der Waals surface area contributed by atoms with Gasteiger partial charge in [0.15, 0.2) is 5.78 Å².